The summed E-state index contributed by atoms with van der Waals surface area (Å²) in [5, 5.41) is -0.255. The number of carbonyl (C=O) groups is 1. The van der Waals surface area contributed by atoms with Crippen LogP contribution in [0.2, 0.25) is 23.2 Å². The highest BCUT2D eigenvalue weighted by Gasteiger charge is 2.38. The Morgan fingerprint density at radius 3 is 2.50 bits per heavy atom. The van der Waals surface area contributed by atoms with Gasteiger partial charge in [0.15, 0.2) is 8.32 Å². The molecule has 218 valence electrons. The van der Waals surface area contributed by atoms with Gasteiger partial charge in [-0.2, -0.15) is 0 Å². The summed E-state index contributed by atoms with van der Waals surface area (Å²) in [6, 6.07) is 6.43. The third-order valence-corrected chi connectivity index (χ3v) is 11.9. The lowest BCUT2D eigenvalue weighted by molar-refractivity contribution is 0.0523. The first-order chi connectivity index (χ1) is 18.6. The van der Waals surface area contributed by atoms with Gasteiger partial charge in [-0.05, 0) is 61.5 Å². The van der Waals surface area contributed by atoms with E-state index in [1.54, 1.807) is 31.3 Å². The standard InChI is InChI=1S/C30H40ClFN2O5Si/c1-9-39-29(36)21-17-34(23(18(2)3)13-14-30(4,5)40(7,8)37)24-16-20(28(38-6)33-26(24)27(21)35)15-19-11-10-12-22(31)25(19)32/h10-12,16-18,23,37H,9,13-15H2,1-8H3/t23-/m1/s1. The molecule has 0 unspecified atom stereocenters. The molecule has 2 aromatic heterocycles. The lowest BCUT2D eigenvalue weighted by atomic mass is 9.93. The van der Waals surface area contributed by atoms with E-state index in [-0.39, 0.29) is 52.0 Å². The minimum Gasteiger partial charge on any atom is -0.481 e. The SMILES string of the molecule is CCOC(=O)c1cn([C@H](CCC(C)(C)[Si](C)(C)O)C(C)C)c2cc(Cc3cccc(Cl)c3F)c(OC)nc2c1=O. The number of ether oxygens (including phenoxy) is 2. The van der Waals surface area contributed by atoms with Crippen molar-refractivity contribution in [3.8, 4) is 5.88 Å². The molecule has 0 aliphatic carbocycles. The molecule has 0 radical (unpaired) electrons. The fourth-order valence-electron chi connectivity index (χ4n) is 4.71. The number of fused-ring (bicyclic) bond motifs is 1. The molecule has 0 aliphatic rings. The maximum atomic E-state index is 14.8. The van der Waals surface area contributed by atoms with Gasteiger partial charge in [0.25, 0.3) is 0 Å². The van der Waals surface area contributed by atoms with Crippen LogP contribution in [0.25, 0.3) is 11.0 Å². The first-order valence-electron chi connectivity index (χ1n) is 13.6. The minimum absolute atomic E-state index is 0.0130. The Labute approximate surface area is 241 Å². The number of pyridine rings is 2. The molecule has 0 saturated carbocycles. The highest BCUT2D eigenvalue weighted by Crippen LogP contribution is 2.43. The Morgan fingerprint density at radius 2 is 1.93 bits per heavy atom. The predicted molar refractivity (Wildman–Crippen MR) is 160 cm³/mol. The number of methoxy groups -OCH3 is 1. The molecule has 2 heterocycles. The molecule has 0 amide bonds. The second-order valence-electron chi connectivity index (χ2n) is 11.7. The normalized spacial score (nSPS) is 13.1. The zero-order valence-electron chi connectivity index (χ0n) is 24.6. The van der Waals surface area contributed by atoms with Crippen LogP contribution in [0.4, 0.5) is 4.39 Å². The average molecular weight is 591 g/mol. The Morgan fingerprint density at radius 1 is 1.25 bits per heavy atom. The van der Waals surface area contributed by atoms with Crippen molar-refractivity contribution >= 4 is 36.9 Å². The summed E-state index contributed by atoms with van der Waals surface area (Å²) >= 11 is 6.02. The second-order valence-corrected chi connectivity index (χ2v) is 16.6. The summed E-state index contributed by atoms with van der Waals surface area (Å²) in [6.45, 7) is 14.0. The van der Waals surface area contributed by atoms with Crippen LogP contribution in [0.15, 0.2) is 35.3 Å². The van der Waals surface area contributed by atoms with E-state index in [4.69, 9.17) is 21.1 Å². The van der Waals surface area contributed by atoms with Crippen molar-refractivity contribution in [3.05, 3.63) is 68.2 Å². The van der Waals surface area contributed by atoms with Crippen LogP contribution in [0.1, 0.15) is 75.0 Å². The monoisotopic (exact) mass is 590 g/mol. The molecule has 0 bridgehead atoms. The molecule has 7 nitrogen and oxygen atoms in total. The van der Waals surface area contributed by atoms with Gasteiger partial charge in [0.05, 0.1) is 24.3 Å². The highest BCUT2D eigenvalue weighted by molar-refractivity contribution is 6.72. The number of rotatable bonds is 11. The first-order valence-corrected chi connectivity index (χ1v) is 16.9. The van der Waals surface area contributed by atoms with Crippen molar-refractivity contribution in [2.24, 2.45) is 5.92 Å². The molecular weight excluding hydrogens is 551 g/mol. The van der Waals surface area contributed by atoms with Crippen LogP contribution in [0.3, 0.4) is 0 Å². The molecule has 1 N–H and O–H groups in total. The van der Waals surface area contributed by atoms with Crippen molar-refractivity contribution in [2.75, 3.05) is 13.7 Å². The van der Waals surface area contributed by atoms with Gasteiger partial charge in [0, 0.05) is 24.2 Å². The maximum Gasteiger partial charge on any atom is 0.343 e. The lowest BCUT2D eigenvalue weighted by Crippen LogP contribution is -2.39. The van der Waals surface area contributed by atoms with Gasteiger partial charge >= 0.3 is 5.97 Å². The zero-order chi connectivity index (χ0) is 30.0. The van der Waals surface area contributed by atoms with E-state index in [1.807, 2.05) is 17.7 Å². The van der Waals surface area contributed by atoms with Gasteiger partial charge in [-0.25, -0.2) is 14.2 Å². The van der Waals surface area contributed by atoms with E-state index in [0.29, 0.717) is 23.1 Å². The second kappa shape index (κ2) is 12.4. The van der Waals surface area contributed by atoms with Crippen molar-refractivity contribution in [1.29, 1.82) is 0 Å². The highest BCUT2D eigenvalue weighted by atomic mass is 35.5. The minimum atomic E-state index is -2.47. The molecule has 3 aromatic rings. The number of hydrogen-bond acceptors (Lipinski definition) is 6. The van der Waals surface area contributed by atoms with Crippen LogP contribution >= 0.6 is 11.6 Å². The van der Waals surface area contributed by atoms with E-state index in [2.05, 4.69) is 32.7 Å². The fraction of sp³-hybridized carbons (Fsp3) is 0.500. The summed E-state index contributed by atoms with van der Waals surface area (Å²) in [6.07, 6.45) is 3.11. The van der Waals surface area contributed by atoms with Crippen LogP contribution in [-0.2, 0) is 11.2 Å². The number of halogens is 2. The van der Waals surface area contributed by atoms with Crippen molar-refractivity contribution < 1.29 is 23.5 Å². The van der Waals surface area contributed by atoms with Crippen molar-refractivity contribution in [1.82, 2.24) is 9.55 Å². The Bertz CT molecular complexity index is 1450. The number of esters is 1. The van der Waals surface area contributed by atoms with Crippen molar-refractivity contribution in [2.45, 2.75) is 78.1 Å². The zero-order valence-corrected chi connectivity index (χ0v) is 26.4. The molecule has 40 heavy (non-hydrogen) atoms. The Balaban J connectivity index is 2.29. The molecule has 1 aromatic carbocycles. The Hall–Kier alpha value is -2.75. The van der Waals surface area contributed by atoms with Gasteiger partial charge in [0.2, 0.25) is 11.3 Å². The first kappa shape index (κ1) is 31.8. The molecule has 0 saturated heterocycles. The van der Waals surface area contributed by atoms with Gasteiger partial charge in [-0.15, -0.1) is 0 Å². The molecule has 10 heteroatoms. The van der Waals surface area contributed by atoms with Gasteiger partial charge in [0.1, 0.15) is 16.9 Å². The number of nitrogens with zero attached hydrogens (tertiary/aromatic N) is 2. The van der Waals surface area contributed by atoms with Gasteiger partial charge < -0.3 is 18.8 Å². The number of aromatic nitrogens is 2. The van der Waals surface area contributed by atoms with E-state index in [0.717, 1.165) is 6.42 Å². The molecule has 0 fully saturated rings. The summed E-state index contributed by atoms with van der Waals surface area (Å²) in [5.74, 6) is -0.983. The molecule has 0 spiro atoms. The topological polar surface area (TPSA) is 90.7 Å². The molecule has 3 rings (SSSR count). The molecule has 1 atom stereocenters. The van der Waals surface area contributed by atoms with E-state index < -0.39 is 25.5 Å². The maximum absolute atomic E-state index is 14.8. The van der Waals surface area contributed by atoms with Crippen LogP contribution in [0.5, 0.6) is 5.88 Å². The summed E-state index contributed by atoms with van der Waals surface area (Å²) in [5.41, 5.74) is 0.837. The number of carbonyl (C=O) groups excluding carboxylic acids is 1. The largest absolute Gasteiger partial charge is 0.481 e. The summed E-state index contributed by atoms with van der Waals surface area (Å²) in [7, 11) is -1.04. The number of benzene rings is 1. The summed E-state index contributed by atoms with van der Waals surface area (Å²) < 4.78 is 27.5. The Kier molecular flexibility index (Phi) is 9.85. The molecular formula is C30H40ClFN2O5Si. The quantitative estimate of drug-likeness (QED) is 0.192. The smallest absolute Gasteiger partial charge is 0.343 e. The van der Waals surface area contributed by atoms with Gasteiger partial charge in [-0.1, -0.05) is 51.4 Å². The van der Waals surface area contributed by atoms with E-state index in [1.165, 1.54) is 13.2 Å². The predicted octanol–water partition coefficient (Wildman–Crippen LogP) is 6.92. The van der Waals surface area contributed by atoms with E-state index in [9.17, 15) is 18.8 Å². The van der Waals surface area contributed by atoms with E-state index >= 15 is 0 Å². The molecule has 0 aliphatic heterocycles. The lowest BCUT2D eigenvalue weighted by Gasteiger charge is -2.37. The fourth-order valence-corrected chi connectivity index (χ4v) is 5.67. The van der Waals surface area contributed by atoms with Crippen LogP contribution < -0.4 is 10.2 Å². The number of hydrogen-bond donors (Lipinski definition) is 1. The van der Waals surface area contributed by atoms with Crippen LogP contribution in [0, 0.1) is 11.7 Å². The van der Waals surface area contributed by atoms with Crippen molar-refractivity contribution in [3.63, 3.8) is 0 Å². The third kappa shape index (κ3) is 6.58. The third-order valence-electron chi connectivity index (χ3n) is 8.00. The van der Waals surface area contributed by atoms with Gasteiger partial charge in [-0.3, -0.25) is 4.79 Å². The summed E-state index contributed by atoms with van der Waals surface area (Å²) in [4.78, 5) is 41.8. The average Bonchev–Trinajstić information content (AvgIpc) is 2.87. The van der Waals surface area contributed by atoms with Crippen LogP contribution in [-0.4, -0.2) is 42.4 Å².